The van der Waals surface area contributed by atoms with Crippen LogP contribution in [0.1, 0.15) is 13.8 Å². The Bertz CT molecular complexity index is 122. The van der Waals surface area contributed by atoms with Gasteiger partial charge in [-0.3, -0.25) is 0 Å². The van der Waals surface area contributed by atoms with Gasteiger partial charge >= 0.3 is 54.5 Å². The quantitative estimate of drug-likeness (QED) is 0.515. The molecule has 1 aliphatic rings. The second-order valence-corrected chi connectivity index (χ2v) is 6.74. The zero-order valence-corrected chi connectivity index (χ0v) is 7.15. The average molecular weight is 202 g/mol. The van der Waals surface area contributed by atoms with Crippen LogP contribution in [0.3, 0.4) is 0 Å². The SMILES string of the molecule is C[C]1=[Sb][CH](C)C=[C]1. The van der Waals surface area contributed by atoms with Gasteiger partial charge in [-0.1, -0.05) is 0 Å². The van der Waals surface area contributed by atoms with E-state index in [0.717, 1.165) is 3.86 Å². The number of allylic oxidation sites excluding steroid dienone is 2. The van der Waals surface area contributed by atoms with Crippen LogP contribution in [0.15, 0.2) is 6.08 Å². The third-order valence-electron chi connectivity index (χ3n) is 0.931. The number of rotatable bonds is 0. The second-order valence-electron chi connectivity index (χ2n) is 1.77. The molecule has 7 heavy (non-hydrogen) atoms. The molecule has 0 bridgehead atoms. The molecule has 0 saturated carbocycles. The first kappa shape index (κ1) is 5.56. The first-order valence-electron chi connectivity index (χ1n) is 2.43. The molecule has 0 aromatic carbocycles. The van der Waals surface area contributed by atoms with Crippen LogP contribution in [0, 0.1) is 6.08 Å². The van der Waals surface area contributed by atoms with E-state index in [1.807, 2.05) is 0 Å². The Balaban J connectivity index is 2.69. The Morgan fingerprint density at radius 1 is 1.86 bits per heavy atom. The van der Waals surface area contributed by atoms with Gasteiger partial charge in [-0.05, 0) is 0 Å². The van der Waals surface area contributed by atoms with E-state index in [1.54, 1.807) is 3.45 Å². The fraction of sp³-hybridized carbons (Fsp3) is 0.500. The van der Waals surface area contributed by atoms with E-state index in [9.17, 15) is 0 Å². The number of hydrogen-bond donors (Lipinski definition) is 0. The molecule has 0 spiro atoms. The van der Waals surface area contributed by atoms with Crippen molar-refractivity contribution in [2.24, 2.45) is 0 Å². The first-order valence-corrected chi connectivity index (χ1v) is 5.18. The minimum atomic E-state index is 0.0556. The third-order valence-corrected chi connectivity index (χ3v) is 3.99. The fourth-order valence-electron chi connectivity index (χ4n) is 0.621. The summed E-state index contributed by atoms with van der Waals surface area (Å²) >= 11 is 0.0556. The molecule has 1 unspecified atom stereocenters. The van der Waals surface area contributed by atoms with E-state index >= 15 is 0 Å². The van der Waals surface area contributed by atoms with E-state index in [0.29, 0.717) is 0 Å². The van der Waals surface area contributed by atoms with Gasteiger partial charge in [0.25, 0.3) is 0 Å². The van der Waals surface area contributed by atoms with Gasteiger partial charge in [-0.2, -0.15) is 0 Å². The molecule has 0 aromatic rings. The zero-order chi connectivity index (χ0) is 5.28. The summed E-state index contributed by atoms with van der Waals surface area (Å²) in [7, 11) is 0. The van der Waals surface area contributed by atoms with Gasteiger partial charge in [0.05, 0.1) is 0 Å². The van der Waals surface area contributed by atoms with Crippen molar-refractivity contribution in [3.05, 3.63) is 12.2 Å². The van der Waals surface area contributed by atoms with E-state index in [-0.39, 0.29) is 21.1 Å². The average Bonchev–Trinajstić information content (AvgIpc) is 1.87. The van der Waals surface area contributed by atoms with Crippen molar-refractivity contribution in [2.45, 2.75) is 17.7 Å². The summed E-state index contributed by atoms with van der Waals surface area (Å²) < 4.78 is 2.45. The maximum atomic E-state index is 3.23. The summed E-state index contributed by atoms with van der Waals surface area (Å²) in [6, 6.07) is 0. The van der Waals surface area contributed by atoms with Crippen molar-refractivity contribution in [3.8, 4) is 0 Å². The summed E-state index contributed by atoms with van der Waals surface area (Å²) in [5.74, 6) is 0. The summed E-state index contributed by atoms with van der Waals surface area (Å²) in [6.07, 6.45) is 5.43. The van der Waals surface area contributed by atoms with Crippen LogP contribution in [0.5, 0.6) is 0 Å². The molecule has 1 aliphatic heterocycles. The summed E-state index contributed by atoms with van der Waals surface area (Å²) in [6.45, 7) is 4.47. The van der Waals surface area contributed by atoms with Gasteiger partial charge in [0.1, 0.15) is 0 Å². The summed E-state index contributed by atoms with van der Waals surface area (Å²) in [4.78, 5) is 0. The van der Waals surface area contributed by atoms with E-state index in [1.165, 1.54) is 0 Å². The van der Waals surface area contributed by atoms with Crippen LogP contribution < -0.4 is 0 Å². The molecule has 1 heterocycles. The molecule has 0 amide bonds. The topological polar surface area (TPSA) is 0 Å². The van der Waals surface area contributed by atoms with Crippen molar-refractivity contribution >= 4 is 24.6 Å². The fourth-order valence-corrected chi connectivity index (χ4v) is 3.22. The first-order chi connectivity index (χ1) is 3.29. The Labute approximate surface area is 54.6 Å². The molecule has 0 saturated heterocycles. The summed E-state index contributed by atoms with van der Waals surface area (Å²) in [5, 5.41) is 0. The summed E-state index contributed by atoms with van der Waals surface area (Å²) in [5.41, 5.74) is 0. The van der Waals surface area contributed by atoms with E-state index in [4.69, 9.17) is 0 Å². The van der Waals surface area contributed by atoms with Gasteiger partial charge in [-0.25, -0.2) is 0 Å². The standard InChI is InChI=1S/C6H8.Sb/c1-3-5-6-4-2;/h3,5H,1-2H3;. The van der Waals surface area contributed by atoms with E-state index < -0.39 is 0 Å². The van der Waals surface area contributed by atoms with Crippen LogP contribution in [0.4, 0.5) is 0 Å². The van der Waals surface area contributed by atoms with Crippen LogP contribution in [0.2, 0.25) is 3.86 Å². The number of hydrogen-bond acceptors (Lipinski definition) is 0. The Morgan fingerprint density at radius 3 is 2.71 bits per heavy atom. The molecule has 0 aliphatic carbocycles. The van der Waals surface area contributed by atoms with Crippen LogP contribution in [0.25, 0.3) is 0 Å². The molecule has 37 valence electrons. The Morgan fingerprint density at radius 2 is 2.57 bits per heavy atom. The van der Waals surface area contributed by atoms with Gasteiger partial charge in [0.15, 0.2) is 0 Å². The molecular weight excluding hydrogens is 194 g/mol. The van der Waals surface area contributed by atoms with Crippen molar-refractivity contribution in [1.82, 2.24) is 0 Å². The van der Waals surface area contributed by atoms with Crippen molar-refractivity contribution in [2.75, 3.05) is 0 Å². The predicted molar refractivity (Wildman–Crippen MR) is 33.7 cm³/mol. The molecule has 1 heteroatoms. The molecule has 0 N–H and O–H groups in total. The predicted octanol–water partition coefficient (Wildman–Crippen LogP) is 1.06. The molecule has 0 nitrogen and oxygen atoms in total. The van der Waals surface area contributed by atoms with Crippen LogP contribution in [-0.4, -0.2) is 24.6 Å². The zero-order valence-electron chi connectivity index (χ0n) is 4.60. The molecule has 1 atom stereocenters. The molecule has 0 aromatic heterocycles. The molecule has 0 fully saturated rings. The van der Waals surface area contributed by atoms with Crippen molar-refractivity contribution in [3.63, 3.8) is 0 Å². The van der Waals surface area contributed by atoms with Crippen LogP contribution in [-0.2, 0) is 0 Å². The van der Waals surface area contributed by atoms with Gasteiger partial charge in [0.2, 0.25) is 0 Å². The van der Waals surface area contributed by atoms with Gasteiger partial charge in [0, 0.05) is 0 Å². The second kappa shape index (κ2) is 2.13. The molecular formula is C6H8Sb. The minimum absolute atomic E-state index is 0.0556. The monoisotopic (exact) mass is 201 g/mol. The molecule has 1 radical (unpaired) electrons. The Hall–Kier alpha value is 0.428. The Kier molecular flexibility index (Phi) is 1.69. The third kappa shape index (κ3) is 1.42. The maximum absolute atomic E-state index is 3.23. The normalized spacial score (nSPS) is 28.3. The van der Waals surface area contributed by atoms with Crippen LogP contribution >= 0.6 is 0 Å². The van der Waals surface area contributed by atoms with Gasteiger partial charge < -0.3 is 0 Å². The van der Waals surface area contributed by atoms with Crippen molar-refractivity contribution in [1.29, 1.82) is 0 Å². The van der Waals surface area contributed by atoms with Crippen molar-refractivity contribution < 1.29 is 0 Å². The van der Waals surface area contributed by atoms with Gasteiger partial charge in [-0.15, -0.1) is 0 Å². The molecule has 1 rings (SSSR count). The van der Waals surface area contributed by atoms with E-state index in [2.05, 4.69) is 26.0 Å².